The van der Waals surface area contributed by atoms with Gasteiger partial charge in [0.2, 0.25) is 0 Å². The Morgan fingerprint density at radius 1 is 1.40 bits per heavy atom. The van der Waals surface area contributed by atoms with Crippen LogP contribution in [-0.2, 0) is 0 Å². The summed E-state index contributed by atoms with van der Waals surface area (Å²) < 4.78 is 0. The van der Waals surface area contributed by atoms with Crippen molar-refractivity contribution in [1.82, 2.24) is 20.2 Å². The first-order valence-electron chi connectivity index (χ1n) is 4.08. The van der Waals surface area contributed by atoms with Gasteiger partial charge >= 0.3 is 0 Å². The Morgan fingerprint density at radius 2 is 2.27 bits per heavy atom. The molecule has 2 rings (SSSR count). The predicted molar refractivity (Wildman–Crippen MR) is 55.9 cm³/mol. The number of anilines is 1. The SMILES string of the molecule is NNc1nncc(-c2ncccc2Cl)n1. The molecular weight excluding hydrogens is 216 g/mol. The standard InChI is InChI=1S/C8H7ClN6/c9-5-2-1-3-11-7(5)6-4-12-15-8(13-6)14-10/h1-4H,10H2,(H,13,14,15). The highest BCUT2D eigenvalue weighted by atomic mass is 35.5. The minimum absolute atomic E-state index is 0.217. The second-order valence-corrected chi connectivity index (χ2v) is 3.05. The molecule has 15 heavy (non-hydrogen) atoms. The number of nitrogens with zero attached hydrogens (tertiary/aromatic N) is 4. The average molecular weight is 223 g/mol. The number of pyridine rings is 1. The van der Waals surface area contributed by atoms with E-state index >= 15 is 0 Å². The molecule has 0 spiro atoms. The molecule has 0 saturated carbocycles. The normalized spacial score (nSPS) is 10.0. The van der Waals surface area contributed by atoms with Gasteiger partial charge in [0, 0.05) is 6.20 Å². The Morgan fingerprint density at radius 3 is 3.00 bits per heavy atom. The summed E-state index contributed by atoms with van der Waals surface area (Å²) >= 11 is 5.95. The van der Waals surface area contributed by atoms with E-state index in [1.165, 1.54) is 6.20 Å². The molecule has 2 heterocycles. The first-order chi connectivity index (χ1) is 7.31. The number of hydrazine groups is 1. The van der Waals surface area contributed by atoms with Crippen LogP contribution in [-0.4, -0.2) is 20.2 Å². The lowest BCUT2D eigenvalue weighted by Crippen LogP contribution is -2.11. The molecule has 3 N–H and O–H groups in total. The minimum atomic E-state index is 0.217. The van der Waals surface area contributed by atoms with Crippen molar-refractivity contribution in [3.8, 4) is 11.4 Å². The molecule has 0 atom stereocenters. The maximum atomic E-state index is 5.95. The Hall–Kier alpha value is -1.79. The molecule has 2 aromatic heterocycles. The molecule has 0 radical (unpaired) electrons. The van der Waals surface area contributed by atoms with Gasteiger partial charge in [-0.15, -0.1) is 5.10 Å². The summed E-state index contributed by atoms with van der Waals surface area (Å²) in [4.78, 5) is 8.16. The topological polar surface area (TPSA) is 89.6 Å². The minimum Gasteiger partial charge on any atom is -0.291 e. The van der Waals surface area contributed by atoms with Gasteiger partial charge in [-0.25, -0.2) is 10.8 Å². The molecule has 0 amide bonds. The molecule has 0 aliphatic heterocycles. The summed E-state index contributed by atoms with van der Waals surface area (Å²) in [6.07, 6.45) is 3.09. The van der Waals surface area contributed by atoms with Gasteiger partial charge in [-0.3, -0.25) is 10.4 Å². The molecular formula is C8H7ClN6. The van der Waals surface area contributed by atoms with Crippen LogP contribution < -0.4 is 11.3 Å². The van der Waals surface area contributed by atoms with E-state index < -0.39 is 0 Å². The largest absolute Gasteiger partial charge is 0.291 e. The fourth-order valence-corrected chi connectivity index (χ4v) is 1.27. The second kappa shape index (κ2) is 4.16. The van der Waals surface area contributed by atoms with Crippen molar-refractivity contribution in [3.05, 3.63) is 29.5 Å². The molecule has 0 aliphatic carbocycles. The second-order valence-electron chi connectivity index (χ2n) is 2.64. The van der Waals surface area contributed by atoms with Crippen molar-refractivity contribution in [3.63, 3.8) is 0 Å². The molecule has 7 heteroatoms. The first kappa shape index (κ1) is 9.75. The van der Waals surface area contributed by atoms with Gasteiger partial charge in [0.25, 0.3) is 5.95 Å². The summed E-state index contributed by atoms with van der Waals surface area (Å²) in [5, 5.41) is 7.87. The Balaban J connectivity index is 2.49. The molecule has 6 nitrogen and oxygen atoms in total. The third-order valence-corrected chi connectivity index (χ3v) is 1.99. The Bertz CT molecular complexity index is 474. The van der Waals surface area contributed by atoms with Gasteiger partial charge in [-0.1, -0.05) is 11.6 Å². The lowest BCUT2D eigenvalue weighted by molar-refractivity contribution is 0.962. The molecule has 2 aromatic rings. The van der Waals surface area contributed by atoms with Crippen LogP contribution in [0.2, 0.25) is 5.02 Å². The lowest BCUT2D eigenvalue weighted by atomic mass is 10.3. The van der Waals surface area contributed by atoms with Gasteiger partial charge in [-0.2, -0.15) is 5.10 Å². The quantitative estimate of drug-likeness (QED) is 0.579. The van der Waals surface area contributed by atoms with Gasteiger partial charge in [0.1, 0.15) is 11.4 Å². The van der Waals surface area contributed by atoms with Crippen LogP contribution in [0, 0.1) is 0 Å². The zero-order valence-corrected chi connectivity index (χ0v) is 8.31. The highest BCUT2D eigenvalue weighted by molar-refractivity contribution is 6.32. The van der Waals surface area contributed by atoms with E-state index in [0.29, 0.717) is 16.4 Å². The van der Waals surface area contributed by atoms with Crippen LogP contribution in [0.1, 0.15) is 0 Å². The average Bonchev–Trinajstić information content (AvgIpc) is 2.30. The lowest BCUT2D eigenvalue weighted by Gasteiger charge is -2.02. The van der Waals surface area contributed by atoms with Crippen LogP contribution in [0.4, 0.5) is 5.95 Å². The van der Waals surface area contributed by atoms with Crippen LogP contribution in [0.25, 0.3) is 11.4 Å². The highest BCUT2D eigenvalue weighted by Crippen LogP contribution is 2.22. The highest BCUT2D eigenvalue weighted by Gasteiger charge is 2.07. The van der Waals surface area contributed by atoms with E-state index in [0.717, 1.165) is 0 Å². The number of hydrogen-bond donors (Lipinski definition) is 2. The fraction of sp³-hybridized carbons (Fsp3) is 0. The summed E-state index contributed by atoms with van der Waals surface area (Å²) in [6.45, 7) is 0. The molecule has 0 bridgehead atoms. The zero-order valence-electron chi connectivity index (χ0n) is 7.55. The number of hydrogen-bond acceptors (Lipinski definition) is 6. The van der Waals surface area contributed by atoms with Crippen molar-refractivity contribution in [2.24, 2.45) is 5.84 Å². The molecule has 0 saturated heterocycles. The smallest absolute Gasteiger partial charge is 0.257 e. The summed E-state index contributed by atoms with van der Waals surface area (Å²) in [5.41, 5.74) is 3.36. The first-order valence-corrected chi connectivity index (χ1v) is 4.46. The maximum absolute atomic E-state index is 5.95. The van der Waals surface area contributed by atoms with E-state index in [2.05, 4.69) is 25.6 Å². The van der Waals surface area contributed by atoms with Crippen LogP contribution in [0.5, 0.6) is 0 Å². The van der Waals surface area contributed by atoms with Gasteiger partial charge in [0.15, 0.2) is 0 Å². The van der Waals surface area contributed by atoms with Crippen LogP contribution in [0.15, 0.2) is 24.5 Å². The van der Waals surface area contributed by atoms with E-state index in [9.17, 15) is 0 Å². The third-order valence-electron chi connectivity index (χ3n) is 1.69. The number of halogens is 1. The summed E-state index contributed by atoms with van der Waals surface area (Å²) in [7, 11) is 0. The summed E-state index contributed by atoms with van der Waals surface area (Å²) in [5.74, 6) is 5.38. The zero-order chi connectivity index (χ0) is 10.7. The van der Waals surface area contributed by atoms with Crippen LogP contribution in [0.3, 0.4) is 0 Å². The Labute approximate surface area is 90.5 Å². The van der Waals surface area contributed by atoms with E-state index in [1.807, 2.05) is 0 Å². The van der Waals surface area contributed by atoms with Crippen molar-refractivity contribution in [1.29, 1.82) is 0 Å². The number of rotatable bonds is 2. The molecule has 0 aliphatic rings. The Kier molecular flexibility index (Phi) is 2.70. The molecule has 0 fully saturated rings. The number of nitrogen functional groups attached to an aromatic ring is 1. The van der Waals surface area contributed by atoms with Crippen molar-refractivity contribution in [2.45, 2.75) is 0 Å². The van der Waals surface area contributed by atoms with Gasteiger partial charge in [-0.05, 0) is 12.1 Å². The number of nitrogens with two attached hydrogens (primary N) is 1. The number of aromatic nitrogens is 4. The van der Waals surface area contributed by atoms with Crippen molar-refractivity contribution in [2.75, 3.05) is 5.43 Å². The van der Waals surface area contributed by atoms with Crippen LogP contribution >= 0.6 is 11.6 Å². The van der Waals surface area contributed by atoms with E-state index in [-0.39, 0.29) is 5.95 Å². The molecule has 0 unspecified atom stereocenters. The molecule has 76 valence electrons. The van der Waals surface area contributed by atoms with E-state index in [4.69, 9.17) is 17.4 Å². The molecule has 0 aromatic carbocycles. The summed E-state index contributed by atoms with van der Waals surface area (Å²) in [6, 6.07) is 3.46. The van der Waals surface area contributed by atoms with Crippen molar-refractivity contribution >= 4 is 17.5 Å². The van der Waals surface area contributed by atoms with E-state index in [1.54, 1.807) is 18.3 Å². The maximum Gasteiger partial charge on any atom is 0.257 e. The van der Waals surface area contributed by atoms with Crippen molar-refractivity contribution < 1.29 is 0 Å². The fourth-order valence-electron chi connectivity index (χ4n) is 1.05. The predicted octanol–water partition coefficient (Wildman–Crippen LogP) is 0.873. The van der Waals surface area contributed by atoms with Gasteiger partial charge < -0.3 is 0 Å². The van der Waals surface area contributed by atoms with Gasteiger partial charge in [0.05, 0.1) is 11.2 Å². The third kappa shape index (κ3) is 2.00. The monoisotopic (exact) mass is 222 g/mol. The number of nitrogens with one attached hydrogen (secondary N) is 1.